The summed E-state index contributed by atoms with van der Waals surface area (Å²) in [4.78, 5) is 45.2. The fourth-order valence-corrected chi connectivity index (χ4v) is 1.36. The lowest BCUT2D eigenvalue weighted by Gasteiger charge is -2.12. The highest BCUT2D eigenvalue weighted by Gasteiger charge is 2.28. The number of amides is 2. The Kier molecular flexibility index (Phi) is 5.04. The number of methoxy groups -OCH3 is 1. The molecule has 18 heavy (non-hydrogen) atoms. The highest BCUT2D eigenvalue weighted by atomic mass is 16.5. The molecule has 1 saturated heterocycles. The number of carbonyl (C=O) groups excluding carboxylic acids is 4. The summed E-state index contributed by atoms with van der Waals surface area (Å²) in [6.45, 7) is -0.0582. The van der Waals surface area contributed by atoms with Crippen LogP contribution in [0.5, 0.6) is 0 Å². The van der Waals surface area contributed by atoms with E-state index in [0.717, 1.165) is 17.1 Å². The first-order valence-corrected chi connectivity index (χ1v) is 5.30. The van der Waals surface area contributed by atoms with Crippen molar-refractivity contribution in [2.24, 2.45) is 0 Å². The Morgan fingerprint density at radius 2 is 1.72 bits per heavy atom. The van der Waals surface area contributed by atoms with Gasteiger partial charge >= 0.3 is 11.9 Å². The molecule has 2 amide bonds. The van der Waals surface area contributed by atoms with Gasteiger partial charge in [0.25, 0.3) is 0 Å². The second-order valence-corrected chi connectivity index (χ2v) is 3.46. The van der Waals surface area contributed by atoms with Crippen LogP contribution in [-0.4, -0.2) is 48.9 Å². The van der Waals surface area contributed by atoms with E-state index in [1.165, 1.54) is 7.11 Å². The number of imide groups is 1. The fraction of sp³-hybridized carbons (Fsp3) is 0.455. The average molecular weight is 255 g/mol. The monoisotopic (exact) mass is 255 g/mol. The number of hydrogen-bond donors (Lipinski definition) is 0. The lowest BCUT2D eigenvalue weighted by atomic mass is 10.4. The van der Waals surface area contributed by atoms with E-state index in [1.807, 2.05) is 0 Å². The molecule has 0 atom stereocenters. The highest BCUT2D eigenvalue weighted by molar-refractivity contribution is 6.01. The molecule has 0 N–H and O–H groups in total. The topological polar surface area (TPSA) is 90.0 Å². The number of likely N-dealkylation sites (tertiary alicyclic amines) is 1. The molecule has 0 radical (unpaired) electrons. The second kappa shape index (κ2) is 6.53. The Labute approximate surface area is 103 Å². The molecule has 0 aromatic carbocycles. The molecule has 7 heteroatoms. The maximum atomic E-state index is 11.2. The molecular weight excluding hydrogens is 242 g/mol. The molecule has 0 aliphatic carbocycles. The summed E-state index contributed by atoms with van der Waals surface area (Å²) < 4.78 is 9.00. The van der Waals surface area contributed by atoms with E-state index in [1.54, 1.807) is 0 Å². The number of nitrogens with zero attached hydrogens (tertiary/aromatic N) is 1. The van der Waals surface area contributed by atoms with Gasteiger partial charge in [-0.15, -0.1) is 0 Å². The summed E-state index contributed by atoms with van der Waals surface area (Å²) in [7, 11) is 1.18. The summed E-state index contributed by atoms with van der Waals surface area (Å²) in [6.07, 6.45) is 2.25. The Morgan fingerprint density at radius 3 is 2.28 bits per heavy atom. The van der Waals surface area contributed by atoms with Crippen LogP contribution >= 0.6 is 0 Å². The molecule has 1 fully saturated rings. The maximum Gasteiger partial charge on any atom is 0.331 e. The molecule has 7 nitrogen and oxygen atoms in total. The average Bonchev–Trinajstić information content (AvgIpc) is 2.67. The van der Waals surface area contributed by atoms with Crippen LogP contribution in [0, 0.1) is 0 Å². The predicted octanol–water partition coefficient (Wildman–Crippen LogP) is -0.592. The minimum atomic E-state index is -0.737. The molecule has 0 spiro atoms. The van der Waals surface area contributed by atoms with Crippen LogP contribution in [0.1, 0.15) is 12.8 Å². The fourth-order valence-electron chi connectivity index (χ4n) is 1.36. The van der Waals surface area contributed by atoms with Gasteiger partial charge in [-0.2, -0.15) is 0 Å². The van der Waals surface area contributed by atoms with E-state index in [-0.39, 0.29) is 37.8 Å². The number of ether oxygens (including phenoxy) is 2. The standard InChI is InChI=1S/C11H13NO6/c1-17-10(15)4-5-11(16)18-7-6-12-8(13)2-3-9(12)14/h4-5H,2-3,6-7H2,1H3/b5-4-. The summed E-state index contributed by atoms with van der Waals surface area (Å²) in [5, 5.41) is 0. The SMILES string of the molecule is COC(=O)/C=C\C(=O)OCCN1C(=O)CCC1=O. The highest BCUT2D eigenvalue weighted by Crippen LogP contribution is 2.10. The molecule has 98 valence electrons. The van der Waals surface area contributed by atoms with Crippen molar-refractivity contribution in [1.29, 1.82) is 0 Å². The van der Waals surface area contributed by atoms with Gasteiger partial charge in [0.15, 0.2) is 0 Å². The van der Waals surface area contributed by atoms with Crippen molar-refractivity contribution in [2.75, 3.05) is 20.3 Å². The number of esters is 2. The van der Waals surface area contributed by atoms with Crippen molar-refractivity contribution < 1.29 is 28.7 Å². The van der Waals surface area contributed by atoms with Crippen molar-refractivity contribution in [1.82, 2.24) is 4.90 Å². The molecule has 0 unspecified atom stereocenters. The normalized spacial score (nSPS) is 15.3. The van der Waals surface area contributed by atoms with Gasteiger partial charge in [0, 0.05) is 25.0 Å². The zero-order valence-electron chi connectivity index (χ0n) is 9.88. The first kappa shape index (κ1) is 13.9. The third-order valence-electron chi connectivity index (χ3n) is 2.27. The predicted molar refractivity (Wildman–Crippen MR) is 58.1 cm³/mol. The van der Waals surface area contributed by atoms with Gasteiger partial charge < -0.3 is 9.47 Å². The molecular formula is C11H13NO6. The molecule has 1 heterocycles. The van der Waals surface area contributed by atoms with Crippen molar-refractivity contribution in [2.45, 2.75) is 12.8 Å². The van der Waals surface area contributed by atoms with E-state index < -0.39 is 11.9 Å². The van der Waals surface area contributed by atoms with Gasteiger partial charge in [-0.1, -0.05) is 0 Å². The zero-order chi connectivity index (χ0) is 13.5. The molecule has 0 aromatic rings. The van der Waals surface area contributed by atoms with Crippen LogP contribution in [0.15, 0.2) is 12.2 Å². The molecule has 1 rings (SSSR count). The van der Waals surface area contributed by atoms with Crippen LogP contribution in [0.4, 0.5) is 0 Å². The Bertz CT molecular complexity index is 384. The van der Waals surface area contributed by atoms with E-state index in [0.29, 0.717) is 0 Å². The van der Waals surface area contributed by atoms with Crippen LogP contribution in [-0.2, 0) is 28.7 Å². The minimum Gasteiger partial charge on any atom is -0.466 e. The largest absolute Gasteiger partial charge is 0.466 e. The lowest BCUT2D eigenvalue weighted by molar-refractivity contribution is -0.144. The Hall–Kier alpha value is -2.18. The van der Waals surface area contributed by atoms with Crippen LogP contribution in [0.3, 0.4) is 0 Å². The maximum absolute atomic E-state index is 11.2. The van der Waals surface area contributed by atoms with E-state index in [9.17, 15) is 19.2 Å². The van der Waals surface area contributed by atoms with Crippen molar-refractivity contribution >= 4 is 23.8 Å². The van der Waals surface area contributed by atoms with Crippen LogP contribution < -0.4 is 0 Å². The van der Waals surface area contributed by atoms with Crippen molar-refractivity contribution in [3.05, 3.63) is 12.2 Å². The summed E-state index contributed by atoms with van der Waals surface area (Å²) in [6, 6.07) is 0. The van der Waals surface area contributed by atoms with Crippen LogP contribution in [0.2, 0.25) is 0 Å². The van der Waals surface area contributed by atoms with Gasteiger partial charge in [0.1, 0.15) is 6.61 Å². The van der Waals surface area contributed by atoms with Crippen molar-refractivity contribution in [3.8, 4) is 0 Å². The molecule has 1 aliphatic rings. The van der Waals surface area contributed by atoms with Gasteiger partial charge in [0.2, 0.25) is 11.8 Å². The Morgan fingerprint density at radius 1 is 1.17 bits per heavy atom. The summed E-state index contributed by atoms with van der Waals surface area (Å²) in [5.41, 5.74) is 0. The molecule has 0 aromatic heterocycles. The van der Waals surface area contributed by atoms with E-state index >= 15 is 0 Å². The second-order valence-electron chi connectivity index (χ2n) is 3.46. The molecule has 0 bridgehead atoms. The lowest BCUT2D eigenvalue weighted by Crippen LogP contribution is -2.32. The number of hydrogen-bond acceptors (Lipinski definition) is 6. The number of rotatable bonds is 5. The summed E-state index contributed by atoms with van der Waals surface area (Å²) >= 11 is 0. The summed E-state index contributed by atoms with van der Waals surface area (Å²) in [5.74, 6) is -1.93. The first-order chi connectivity index (χ1) is 8.54. The third-order valence-corrected chi connectivity index (χ3v) is 2.27. The van der Waals surface area contributed by atoms with Gasteiger partial charge in [0.05, 0.1) is 13.7 Å². The van der Waals surface area contributed by atoms with Crippen LogP contribution in [0.25, 0.3) is 0 Å². The quantitative estimate of drug-likeness (QED) is 0.370. The van der Waals surface area contributed by atoms with E-state index in [2.05, 4.69) is 4.74 Å². The third kappa shape index (κ3) is 4.00. The van der Waals surface area contributed by atoms with Gasteiger partial charge in [-0.05, 0) is 0 Å². The molecule has 1 aliphatic heterocycles. The van der Waals surface area contributed by atoms with E-state index in [4.69, 9.17) is 4.74 Å². The number of carbonyl (C=O) groups is 4. The zero-order valence-corrected chi connectivity index (χ0v) is 9.88. The first-order valence-electron chi connectivity index (χ1n) is 5.30. The molecule has 0 saturated carbocycles. The Balaban J connectivity index is 2.27. The minimum absolute atomic E-state index is 0.0372. The van der Waals surface area contributed by atoms with Gasteiger partial charge in [-0.25, -0.2) is 9.59 Å². The van der Waals surface area contributed by atoms with Gasteiger partial charge in [-0.3, -0.25) is 14.5 Å². The smallest absolute Gasteiger partial charge is 0.331 e. The van der Waals surface area contributed by atoms with Crippen molar-refractivity contribution in [3.63, 3.8) is 0 Å².